The van der Waals surface area contributed by atoms with Gasteiger partial charge in [0.05, 0.1) is 12.8 Å². The third-order valence-electron chi connectivity index (χ3n) is 1.61. The molecule has 0 spiro atoms. The summed E-state index contributed by atoms with van der Waals surface area (Å²) in [6.07, 6.45) is 2.20. The van der Waals surface area contributed by atoms with Crippen molar-refractivity contribution in [3.8, 4) is 0 Å². The molecule has 4 nitrogen and oxygen atoms in total. The summed E-state index contributed by atoms with van der Waals surface area (Å²) in [6.45, 7) is 0. The quantitative estimate of drug-likeness (QED) is 0.537. The maximum Gasteiger partial charge on any atom is 0.324 e. The van der Waals surface area contributed by atoms with Gasteiger partial charge in [-0.15, -0.1) is 11.6 Å². The highest BCUT2D eigenvalue weighted by atomic mass is 35.5. The molecule has 0 radical (unpaired) electrons. The van der Waals surface area contributed by atoms with E-state index in [0.29, 0.717) is 6.42 Å². The van der Waals surface area contributed by atoms with Crippen LogP contribution in [0.4, 0.5) is 0 Å². The van der Waals surface area contributed by atoms with Gasteiger partial charge in [0, 0.05) is 19.7 Å². The summed E-state index contributed by atoms with van der Waals surface area (Å²) in [5.74, 6) is -0.424. The SMILES string of the molecule is COC(=O)C(Cl)Cc1ccn(C)n1. The van der Waals surface area contributed by atoms with Gasteiger partial charge in [-0.25, -0.2) is 0 Å². The molecule has 1 atom stereocenters. The van der Waals surface area contributed by atoms with E-state index in [4.69, 9.17) is 11.6 Å². The summed E-state index contributed by atoms with van der Waals surface area (Å²) in [4.78, 5) is 10.9. The second-order valence-electron chi connectivity index (χ2n) is 2.68. The van der Waals surface area contributed by atoms with Crippen LogP contribution in [-0.2, 0) is 23.0 Å². The molecule has 1 unspecified atom stereocenters. The Morgan fingerprint density at radius 3 is 3.00 bits per heavy atom. The lowest BCUT2D eigenvalue weighted by molar-refractivity contribution is -0.140. The highest BCUT2D eigenvalue weighted by Gasteiger charge is 2.17. The van der Waals surface area contributed by atoms with Gasteiger partial charge in [0.15, 0.2) is 0 Å². The maximum atomic E-state index is 10.9. The van der Waals surface area contributed by atoms with Crippen molar-refractivity contribution in [2.24, 2.45) is 7.05 Å². The summed E-state index contributed by atoms with van der Waals surface area (Å²) < 4.78 is 6.15. The highest BCUT2D eigenvalue weighted by molar-refractivity contribution is 6.29. The Balaban J connectivity index is 2.54. The Hall–Kier alpha value is -1.03. The normalized spacial score (nSPS) is 12.5. The van der Waals surface area contributed by atoms with Crippen LogP contribution >= 0.6 is 11.6 Å². The van der Waals surface area contributed by atoms with Crippen molar-refractivity contribution in [3.05, 3.63) is 18.0 Å². The van der Waals surface area contributed by atoms with Crippen LogP contribution < -0.4 is 0 Å². The Bertz CT molecular complexity index is 298. The largest absolute Gasteiger partial charge is 0.468 e. The van der Waals surface area contributed by atoms with Crippen LogP contribution in [0.3, 0.4) is 0 Å². The van der Waals surface area contributed by atoms with E-state index in [9.17, 15) is 4.79 Å². The molecule has 1 aromatic heterocycles. The number of carbonyl (C=O) groups is 1. The molecule has 0 aliphatic heterocycles. The number of carbonyl (C=O) groups excluding carboxylic acids is 1. The van der Waals surface area contributed by atoms with E-state index in [0.717, 1.165) is 5.69 Å². The lowest BCUT2D eigenvalue weighted by Gasteiger charge is -2.03. The van der Waals surface area contributed by atoms with Gasteiger partial charge in [0.1, 0.15) is 5.38 Å². The van der Waals surface area contributed by atoms with Gasteiger partial charge >= 0.3 is 5.97 Å². The molecule has 0 saturated heterocycles. The summed E-state index contributed by atoms with van der Waals surface area (Å²) in [5.41, 5.74) is 0.785. The first-order chi connectivity index (χ1) is 6.13. The minimum atomic E-state index is -0.653. The highest BCUT2D eigenvalue weighted by Crippen LogP contribution is 2.07. The molecule has 0 N–H and O–H groups in total. The third-order valence-corrected chi connectivity index (χ3v) is 1.95. The predicted molar refractivity (Wildman–Crippen MR) is 48.6 cm³/mol. The van der Waals surface area contributed by atoms with Crippen molar-refractivity contribution in [2.45, 2.75) is 11.8 Å². The molecule has 1 aromatic rings. The van der Waals surface area contributed by atoms with Crippen LogP contribution in [0.1, 0.15) is 5.69 Å². The number of aromatic nitrogens is 2. The standard InChI is InChI=1S/C8H11ClN2O2/c1-11-4-3-6(10-11)5-7(9)8(12)13-2/h3-4,7H,5H2,1-2H3. The van der Waals surface area contributed by atoms with E-state index in [2.05, 4.69) is 9.84 Å². The number of hydrogen-bond donors (Lipinski definition) is 0. The van der Waals surface area contributed by atoms with E-state index >= 15 is 0 Å². The summed E-state index contributed by atoms with van der Waals surface area (Å²) in [6, 6.07) is 1.82. The minimum absolute atomic E-state index is 0.398. The molecule has 0 aliphatic carbocycles. The number of methoxy groups -OCH3 is 1. The number of hydrogen-bond acceptors (Lipinski definition) is 3. The first kappa shape index (κ1) is 10.1. The zero-order chi connectivity index (χ0) is 9.84. The van der Waals surface area contributed by atoms with Crippen molar-refractivity contribution in [1.29, 1.82) is 0 Å². The van der Waals surface area contributed by atoms with E-state index < -0.39 is 11.3 Å². The first-order valence-corrected chi connectivity index (χ1v) is 4.27. The molecular formula is C8H11ClN2O2. The molecule has 0 amide bonds. The second kappa shape index (κ2) is 4.28. The number of esters is 1. The molecule has 72 valence electrons. The zero-order valence-corrected chi connectivity index (χ0v) is 8.28. The van der Waals surface area contributed by atoms with E-state index in [1.165, 1.54) is 7.11 Å². The average Bonchev–Trinajstić information content (AvgIpc) is 2.49. The second-order valence-corrected chi connectivity index (χ2v) is 3.20. The fourth-order valence-electron chi connectivity index (χ4n) is 0.967. The molecular weight excluding hydrogens is 192 g/mol. The number of aryl methyl sites for hydroxylation is 1. The number of alkyl halides is 1. The third kappa shape index (κ3) is 2.73. The van der Waals surface area contributed by atoms with Crippen LogP contribution in [0.15, 0.2) is 12.3 Å². The summed E-state index contributed by atoms with van der Waals surface area (Å²) >= 11 is 5.75. The predicted octanol–water partition coefficient (Wildman–Crippen LogP) is 0.743. The summed E-state index contributed by atoms with van der Waals surface area (Å²) in [5, 5.41) is 3.44. The molecule has 13 heavy (non-hydrogen) atoms. The lowest BCUT2D eigenvalue weighted by atomic mass is 10.2. The Morgan fingerprint density at radius 1 is 1.85 bits per heavy atom. The lowest BCUT2D eigenvalue weighted by Crippen LogP contribution is -2.18. The molecule has 5 heteroatoms. The van der Waals surface area contributed by atoms with Crippen molar-refractivity contribution in [2.75, 3.05) is 7.11 Å². The van der Waals surface area contributed by atoms with Gasteiger partial charge in [-0.2, -0.15) is 5.10 Å². The molecule has 0 bridgehead atoms. The van der Waals surface area contributed by atoms with Crippen molar-refractivity contribution >= 4 is 17.6 Å². The van der Waals surface area contributed by atoms with E-state index in [1.54, 1.807) is 10.9 Å². The molecule has 1 rings (SSSR count). The van der Waals surface area contributed by atoms with Gasteiger partial charge in [0.2, 0.25) is 0 Å². The van der Waals surface area contributed by atoms with Crippen LogP contribution in [0.25, 0.3) is 0 Å². The molecule has 0 aliphatic rings. The van der Waals surface area contributed by atoms with Crippen molar-refractivity contribution in [1.82, 2.24) is 9.78 Å². The fraction of sp³-hybridized carbons (Fsp3) is 0.500. The number of rotatable bonds is 3. The van der Waals surface area contributed by atoms with Crippen molar-refractivity contribution in [3.63, 3.8) is 0 Å². The van der Waals surface area contributed by atoms with Gasteiger partial charge < -0.3 is 4.74 Å². The fourth-order valence-corrected chi connectivity index (χ4v) is 1.21. The van der Waals surface area contributed by atoms with Crippen molar-refractivity contribution < 1.29 is 9.53 Å². The van der Waals surface area contributed by atoms with Crippen LogP contribution in [0.5, 0.6) is 0 Å². The molecule has 0 fully saturated rings. The molecule has 0 aromatic carbocycles. The Labute approximate surface area is 81.4 Å². The van der Waals surface area contributed by atoms with E-state index in [-0.39, 0.29) is 0 Å². The van der Waals surface area contributed by atoms with Gasteiger partial charge in [-0.1, -0.05) is 0 Å². The van der Waals surface area contributed by atoms with Gasteiger partial charge in [0.25, 0.3) is 0 Å². The number of halogens is 1. The minimum Gasteiger partial charge on any atom is -0.468 e. The monoisotopic (exact) mass is 202 g/mol. The molecule has 0 saturated carbocycles. The number of nitrogens with zero attached hydrogens (tertiary/aromatic N) is 2. The van der Waals surface area contributed by atoms with E-state index in [1.807, 2.05) is 13.1 Å². The van der Waals surface area contributed by atoms with Crippen LogP contribution in [0, 0.1) is 0 Å². The number of ether oxygens (including phenoxy) is 1. The maximum absolute atomic E-state index is 10.9. The molecule has 1 heterocycles. The average molecular weight is 203 g/mol. The smallest absolute Gasteiger partial charge is 0.324 e. The summed E-state index contributed by atoms with van der Waals surface area (Å²) in [7, 11) is 3.13. The first-order valence-electron chi connectivity index (χ1n) is 3.84. The van der Waals surface area contributed by atoms with Gasteiger partial charge in [-0.3, -0.25) is 9.48 Å². The van der Waals surface area contributed by atoms with Crippen LogP contribution in [-0.4, -0.2) is 28.2 Å². The Morgan fingerprint density at radius 2 is 2.54 bits per heavy atom. The topological polar surface area (TPSA) is 44.1 Å². The Kier molecular flexibility index (Phi) is 3.31. The zero-order valence-electron chi connectivity index (χ0n) is 7.53. The van der Waals surface area contributed by atoms with Crippen LogP contribution in [0.2, 0.25) is 0 Å². The van der Waals surface area contributed by atoms with Gasteiger partial charge in [-0.05, 0) is 6.07 Å².